The lowest BCUT2D eigenvalue weighted by Gasteiger charge is -2.40. The quantitative estimate of drug-likeness (QED) is 0.888. The largest absolute Gasteiger partial charge is 0.478 e. The SMILES string of the molecule is CC1(C)C(=O)NCCN1Cc1csc(-c2cccc(C(=O)O)c2)n1. The van der Waals surface area contributed by atoms with Gasteiger partial charge in [-0.1, -0.05) is 12.1 Å². The maximum Gasteiger partial charge on any atom is 0.335 e. The predicted molar refractivity (Wildman–Crippen MR) is 92.0 cm³/mol. The molecule has 1 aromatic heterocycles. The molecule has 1 fully saturated rings. The number of rotatable bonds is 4. The van der Waals surface area contributed by atoms with E-state index < -0.39 is 11.5 Å². The van der Waals surface area contributed by atoms with Crippen LogP contribution in [0, 0.1) is 0 Å². The molecule has 0 spiro atoms. The molecule has 2 heterocycles. The number of carbonyl (C=O) groups is 2. The van der Waals surface area contributed by atoms with E-state index in [-0.39, 0.29) is 11.5 Å². The molecule has 0 radical (unpaired) electrons. The van der Waals surface area contributed by atoms with Gasteiger partial charge in [-0.3, -0.25) is 9.69 Å². The molecule has 0 bridgehead atoms. The molecule has 0 saturated carbocycles. The summed E-state index contributed by atoms with van der Waals surface area (Å²) >= 11 is 1.48. The Hall–Kier alpha value is -2.25. The second-order valence-corrected chi connectivity index (χ2v) is 7.12. The van der Waals surface area contributed by atoms with E-state index in [0.29, 0.717) is 13.1 Å². The Morgan fingerprint density at radius 2 is 2.25 bits per heavy atom. The van der Waals surface area contributed by atoms with E-state index in [1.807, 2.05) is 25.3 Å². The number of carboxylic acids is 1. The van der Waals surface area contributed by atoms with E-state index in [1.54, 1.807) is 18.2 Å². The first kappa shape index (κ1) is 16.6. The first-order chi connectivity index (χ1) is 11.4. The third-order valence-electron chi connectivity index (χ3n) is 4.27. The first-order valence-corrected chi connectivity index (χ1v) is 8.57. The van der Waals surface area contributed by atoms with Crippen molar-refractivity contribution in [2.45, 2.75) is 25.9 Å². The van der Waals surface area contributed by atoms with Gasteiger partial charge < -0.3 is 10.4 Å². The van der Waals surface area contributed by atoms with Crippen LogP contribution in [0.4, 0.5) is 0 Å². The molecular formula is C17H19N3O3S. The summed E-state index contributed by atoms with van der Waals surface area (Å²) in [6.45, 7) is 5.83. The topological polar surface area (TPSA) is 82.5 Å². The molecule has 6 nitrogen and oxygen atoms in total. The van der Waals surface area contributed by atoms with Gasteiger partial charge in [-0.05, 0) is 26.0 Å². The van der Waals surface area contributed by atoms with Crippen LogP contribution in [0.25, 0.3) is 10.6 Å². The molecule has 3 rings (SSSR count). The van der Waals surface area contributed by atoms with Gasteiger partial charge in [0.15, 0.2) is 0 Å². The number of hydrogen-bond acceptors (Lipinski definition) is 5. The molecule has 0 atom stereocenters. The zero-order valence-corrected chi connectivity index (χ0v) is 14.4. The van der Waals surface area contributed by atoms with Crippen LogP contribution in [0.2, 0.25) is 0 Å². The average molecular weight is 345 g/mol. The summed E-state index contributed by atoms with van der Waals surface area (Å²) in [7, 11) is 0. The van der Waals surface area contributed by atoms with Crippen LogP contribution in [-0.4, -0.2) is 45.5 Å². The number of hydrogen-bond donors (Lipinski definition) is 2. The minimum atomic E-state index is -0.949. The van der Waals surface area contributed by atoms with E-state index in [2.05, 4.69) is 15.2 Å². The number of nitrogens with zero attached hydrogens (tertiary/aromatic N) is 2. The molecule has 1 saturated heterocycles. The molecule has 1 aromatic carbocycles. The number of carboxylic acid groups (broad SMARTS) is 1. The minimum absolute atomic E-state index is 0.0263. The number of thiazole rings is 1. The normalized spacial score (nSPS) is 17.5. The summed E-state index contributed by atoms with van der Waals surface area (Å²) in [6, 6.07) is 6.77. The maximum atomic E-state index is 12.0. The molecule has 2 N–H and O–H groups in total. The monoisotopic (exact) mass is 345 g/mol. The Balaban J connectivity index is 1.80. The van der Waals surface area contributed by atoms with E-state index in [4.69, 9.17) is 5.11 Å². The molecule has 0 unspecified atom stereocenters. The van der Waals surface area contributed by atoms with E-state index >= 15 is 0 Å². The van der Waals surface area contributed by atoms with Crippen LogP contribution in [0.5, 0.6) is 0 Å². The van der Waals surface area contributed by atoms with Crippen molar-refractivity contribution in [2.24, 2.45) is 0 Å². The summed E-state index contributed by atoms with van der Waals surface area (Å²) in [5, 5.41) is 14.7. The molecular weight excluding hydrogens is 326 g/mol. The lowest BCUT2D eigenvalue weighted by molar-refractivity contribution is -0.135. The highest BCUT2D eigenvalue weighted by Crippen LogP contribution is 2.27. The Labute approximate surface area is 144 Å². The number of amides is 1. The number of carbonyl (C=O) groups excluding carboxylic acids is 1. The standard InChI is InChI=1S/C17H19N3O3S/c1-17(2)16(23)18-6-7-20(17)9-13-10-24-14(19-13)11-4-3-5-12(8-11)15(21)22/h3-5,8,10H,6-7,9H2,1-2H3,(H,18,23)(H,21,22). The second kappa shape index (κ2) is 6.33. The Morgan fingerprint density at radius 3 is 3.00 bits per heavy atom. The molecule has 1 aliphatic heterocycles. The van der Waals surface area contributed by atoms with Gasteiger partial charge >= 0.3 is 5.97 Å². The molecule has 7 heteroatoms. The second-order valence-electron chi connectivity index (χ2n) is 6.27. The number of aromatic carboxylic acids is 1. The minimum Gasteiger partial charge on any atom is -0.478 e. The highest BCUT2D eigenvalue weighted by Gasteiger charge is 2.37. The van der Waals surface area contributed by atoms with Crippen molar-refractivity contribution in [3.05, 3.63) is 40.9 Å². The molecule has 24 heavy (non-hydrogen) atoms. The van der Waals surface area contributed by atoms with Gasteiger partial charge in [0, 0.05) is 30.6 Å². The highest BCUT2D eigenvalue weighted by atomic mass is 32.1. The third-order valence-corrected chi connectivity index (χ3v) is 5.21. The van der Waals surface area contributed by atoms with Crippen LogP contribution < -0.4 is 5.32 Å². The number of nitrogens with one attached hydrogen (secondary N) is 1. The Kier molecular flexibility index (Phi) is 4.38. The van der Waals surface area contributed by atoms with E-state index in [9.17, 15) is 9.59 Å². The molecule has 1 amide bonds. The molecule has 0 aliphatic carbocycles. The van der Waals surface area contributed by atoms with Crippen molar-refractivity contribution in [3.63, 3.8) is 0 Å². The number of piperazine rings is 1. The van der Waals surface area contributed by atoms with Crippen LogP contribution in [0.15, 0.2) is 29.6 Å². The van der Waals surface area contributed by atoms with E-state index in [0.717, 1.165) is 22.8 Å². The van der Waals surface area contributed by atoms with Gasteiger partial charge in [-0.2, -0.15) is 0 Å². The molecule has 2 aromatic rings. The smallest absolute Gasteiger partial charge is 0.335 e. The van der Waals surface area contributed by atoms with Crippen molar-refractivity contribution in [2.75, 3.05) is 13.1 Å². The fourth-order valence-corrected chi connectivity index (χ4v) is 3.52. The summed E-state index contributed by atoms with van der Waals surface area (Å²) in [6.07, 6.45) is 0. The van der Waals surface area contributed by atoms with Gasteiger partial charge in [0.1, 0.15) is 5.01 Å². The first-order valence-electron chi connectivity index (χ1n) is 7.69. The van der Waals surface area contributed by atoms with E-state index in [1.165, 1.54) is 11.3 Å². The Morgan fingerprint density at radius 1 is 1.46 bits per heavy atom. The van der Waals surface area contributed by atoms with Gasteiger partial charge in [-0.15, -0.1) is 11.3 Å². The van der Waals surface area contributed by atoms with Gasteiger partial charge in [0.25, 0.3) is 0 Å². The summed E-state index contributed by atoms with van der Waals surface area (Å²) in [5.41, 5.74) is 1.36. The zero-order chi connectivity index (χ0) is 17.3. The van der Waals surface area contributed by atoms with Crippen LogP contribution >= 0.6 is 11.3 Å². The van der Waals surface area contributed by atoms with Crippen molar-refractivity contribution in [3.8, 4) is 10.6 Å². The van der Waals surface area contributed by atoms with Crippen LogP contribution in [0.3, 0.4) is 0 Å². The lowest BCUT2D eigenvalue weighted by atomic mass is 9.99. The number of aromatic nitrogens is 1. The molecule has 126 valence electrons. The Bertz CT molecular complexity index is 785. The maximum absolute atomic E-state index is 12.0. The lowest BCUT2D eigenvalue weighted by Crippen LogP contribution is -2.61. The summed E-state index contributed by atoms with van der Waals surface area (Å²) in [5.74, 6) is -0.923. The van der Waals surface area contributed by atoms with Gasteiger partial charge in [0.05, 0.1) is 16.8 Å². The summed E-state index contributed by atoms with van der Waals surface area (Å²) < 4.78 is 0. The van der Waals surface area contributed by atoms with Gasteiger partial charge in [-0.25, -0.2) is 9.78 Å². The third kappa shape index (κ3) is 3.18. The average Bonchev–Trinajstić information content (AvgIpc) is 3.01. The van der Waals surface area contributed by atoms with Crippen LogP contribution in [0.1, 0.15) is 29.9 Å². The fourth-order valence-electron chi connectivity index (χ4n) is 2.71. The number of benzene rings is 1. The predicted octanol–water partition coefficient (Wildman–Crippen LogP) is 2.22. The van der Waals surface area contributed by atoms with Gasteiger partial charge in [0.2, 0.25) is 5.91 Å². The van der Waals surface area contributed by atoms with Crippen molar-refractivity contribution < 1.29 is 14.7 Å². The highest BCUT2D eigenvalue weighted by molar-refractivity contribution is 7.13. The van der Waals surface area contributed by atoms with Crippen molar-refractivity contribution >= 4 is 23.2 Å². The van der Waals surface area contributed by atoms with Crippen molar-refractivity contribution in [1.82, 2.24) is 15.2 Å². The molecule has 1 aliphatic rings. The van der Waals surface area contributed by atoms with Crippen molar-refractivity contribution in [1.29, 1.82) is 0 Å². The van der Waals surface area contributed by atoms with Crippen LogP contribution in [-0.2, 0) is 11.3 Å². The zero-order valence-electron chi connectivity index (χ0n) is 13.6. The fraction of sp³-hybridized carbons (Fsp3) is 0.353. The summed E-state index contributed by atoms with van der Waals surface area (Å²) in [4.78, 5) is 29.8.